The van der Waals surface area contributed by atoms with Crippen LogP contribution in [0.15, 0.2) is 65.7 Å². The first-order valence-electron chi connectivity index (χ1n) is 10.9. The van der Waals surface area contributed by atoms with Crippen molar-refractivity contribution < 1.29 is 13.2 Å². The van der Waals surface area contributed by atoms with Gasteiger partial charge in [0, 0.05) is 24.2 Å². The van der Waals surface area contributed by atoms with Crippen LogP contribution in [0.4, 0.5) is 0 Å². The lowest BCUT2D eigenvalue weighted by Crippen LogP contribution is -2.34. The molecule has 32 heavy (non-hydrogen) atoms. The molecule has 0 saturated heterocycles. The molecule has 0 saturated carbocycles. The summed E-state index contributed by atoms with van der Waals surface area (Å²) in [5.74, 6) is -0.176. The quantitative estimate of drug-likeness (QED) is 0.549. The summed E-state index contributed by atoms with van der Waals surface area (Å²) in [5.41, 5.74) is 4.39. The normalized spacial score (nSPS) is 15.8. The second-order valence-electron chi connectivity index (χ2n) is 8.16. The van der Waals surface area contributed by atoms with Gasteiger partial charge >= 0.3 is 0 Å². The molecule has 1 aliphatic carbocycles. The van der Waals surface area contributed by atoms with Crippen molar-refractivity contribution in [2.24, 2.45) is 0 Å². The Balaban J connectivity index is 1.33. The van der Waals surface area contributed by atoms with Crippen LogP contribution >= 0.6 is 0 Å². The Kier molecular flexibility index (Phi) is 6.72. The molecule has 168 valence electrons. The Bertz CT molecular complexity index is 1170. The first-order valence-corrected chi connectivity index (χ1v) is 12.3. The highest BCUT2D eigenvalue weighted by molar-refractivity contribution is 7.89. The van der Waals surface area contributed by atoms with Crippen LogP contribution < -0.4 is 10.0 Å². The van der Waals surface area contributed by atoms with Gasteiger partial charge in [0.2, 0.25) is 15.9 Å². The SMILES string of the molecule is Cc1ccc(S(=O)(=O)NCCC(=O)NC2CCCc3c2cnn3Cc2ccccc2)cc1. The molecule has 0 aliphatic heterocycles. The molecule has 1 aliphatic rings. The maximum atomic E-state index is 12.5. The molecule has 2 N–H and O–H groups in total. The standard InChI is InChI=1S/C24H28N4O3S/c1-18-10-12-20(13-11-18)32(30,31)26-15-14-24(29)27-22-8-5-9-23-21(22)16-25-28(23)17-19-6-3-2-4-7-19/h2-4,6-7,10-13,16,22,26H,5,8-9,14-15,17H2,1H3,(H,27,29). The molecular formula is C24H28N4O3S. The fourth-order valence-corrected chi connectivity index (χ4v) is 5.06. The summed E-state index contributed by atoms with van der Waals surface area (Å²) in [6.45, 7) is 2.66. The van der Waals surface area contributed by atoms with E-state index in [1.807, 2.05) is 36.0 Å². The summed E-state index contributed by atoms with van der Waals surface area (Å²) >= 11 is 0. The van der Waals surface area contributed by atoms with Gasteiger partial charge in [0.15, 0.2) is 0 Å². The summed E-state index contributed by atoms with van der Waals surface area (Å²) < 4.78 is 29.3. The molecule has 2 aromatic carbocycles. The van der Waals surface area contributed by atoms with Crippen molar-refractivity contribution in [3.8, 4) is 0 Å². The Labute approximate surface area is 188 Å². The lowest BCUT2D eigenvalue weighted by Gasteiger charge is -2.24. The third-order valence-electron chi connectivity index (χ3n) is 5.75. The number of benzene rings is 2. The smallest absolute Gasteiger partial charge is 0.240 e. The number of carbonyl (C=O) groups excluding carboxylic acids is 1. The number of sulfonamides is 1. The van der Waals surface area contributed by atoms with Crippen molar-refractivity contribution >= 4 is 15.9 Å². The highest BCUT2D eigenvalue weighted by Crippen LogP contribution is 2.30. The van der Waals surface area contributed by atoms with E-state index in [-0.39, 0.29) is 29.8 Å². The van der Waals surface area contributed by atoms with Crippen molar-refractivity contribution in [1.82, 2.24) is 19.8 Å². The van der Waals surface area contributed by atoms with E-state index in [1.165, 1.54) is 5.56 Å². The first-order chi connectivity index (χ1) is 15.4. The zero-order valence-electron chi connectivity index (χ0n) is 18.1. The largest absolute Gasteiger partial charge is 0.349 e. The van der Waals surface area contributed by atoms with Gasteiger partial charge in [0.05, 0.1) is 23.7 Å². The number of aromatic nitrogens is 2. The fourth-order valence-electron chi connectivity index (χ4n) is 4.03. The van der Waals surface area contributed by atoms with Gasteiger partial charge in [-0.05, 0) is 43.9 Å². The maximum absolute atomic E-state index is 12.5. The van der Waals surface area contributed by atoms with Gasteiger partial charge in [-0.1, -0.05) is 48.0 Å². The zero-order valence-corrected chi connectivity index (χ0v) is 18.9. The molecular weight excluding hydrogens is 424 g/mol. The minimum absolute atomic E-state index is 0.0505. The van der Waals surface area contributed by atoms with E-state index in [1.54, 1.807) is 24.3 Å². The minimum atomic E-state index is -3.62. The van der Waals surface area contributed by atoms with Crippen LogP contribution in [0.1, 0.15) is 47.7 Å². The van der Waals surface area contributed by atoms with Crippen LogP contribution in [-0.4, -0.2) is 30.7 Å². The average molecular weight is 453 g/mol. The topological polar surface area (TPSA) is 93.1 Å². The summed E-state index contributed by atoms with van der Waals surface area (Å²) in [5, 5.41) is 7.62. The van der Waals surface area contributed by atoms with Gasteiger partial charge in [0.1, 0.15) is 0 Å². The fraction of sp³-hybridized carbons (Fsp3) is 0.333. The molecule has 0 spiro atoms. The van der Waals surface area contributed by atoms with Crippen molar-refractivity contribution in [2.45, 2.75) is 50.1 Å². The maximum Gasteiger partial charge on any atom is 0.240 e. The van der Waals surface area contributed by atoms with Crippen LogP contribution in [0.25, 0.3) is 0 Å². The number of nitrogens with zero attached hydrogens (tertiary/aromatic N) is 2. The van der Waals surface area contributed by atoms with E-state index in [0.717, 1.165) is 36.1 Å². The van der Waals surface area contributed by atoms with Crippen LogP contribution in [0, 0.1) is 6.92 Å². The minimum Gasteiger partial charge on any atom is -0.349 e. The average Bonchev–Trinajstić information content (AvgIpc) is 3.18. The molecule has 1 unspecified atom stereocenters. The Morgan fingerprint density at radius 2 is 1.88 bits per heavy atom. The van der Waals surface area contributed by atoms with E-state index in [9.17, 15) is 13.2 Å². The number of nitrogens with one attached hydrogen (secondary N) is 2. The van der Waals surface area contributed by atoms with E-state index in [4.69, 9.17) is 0 Å². The molecule has 1 aromatic heterocycles. The van der Waals surface area contributed by atoms with E-state index >= 15 is 0 Å². The second kappa shape index (κ2) is 9.67. The predicted molar refractivity (Wildman–Crippen MR) is 123 cm³/mol. The van der Waals surface area contributed by atoms with E-state index in [0.29, 0.717) is 6.54 Å². The van der Waals surface area contributed by atoms with E-state index < -0.39 is 10.0 Å². The van der Waals surface area contributed by atoms with Gasteiger partial charge < -0.3 is 5.32 Å². The second-order valence-corrected chi connectivity index (χ2v) is 9.93. The molecule has 0 fully saturated rings. The molecule has 3 aromatic rings. The number of rotatable bonds is 8. The molecule has 0 radical (unpaired) electrons. The van der Waals surface area contributed by atoms with Crippen molar-refractivity contribution in [1.29, 1.82) is 0 Å². The van der Waals surface area contributed by atoms with Crippen LogP contribution in [0.5, 0.6) is 0 Å². The molecule has 7 nitrogen and oxygen atoms in total. The predicted octanol–water partition coefficient (Wildman–Crippen LogP) is 3.10. The lowest BCUT2D eigenvalue weighted by molar-refractivity contribution is -0.121. The third kappa shape index (κ3) is 5.26. The summed E-state index contributed by atoms with van der Waals surface area (Å²) in [4.78, 5) is 12.7. The lowest BCUT2D eigenvalue weighted by atomic mass is 9.92. The zero-order chi connectivity index (χ0) is 22.6. The van der Waals surface area contributed by atoms with Crippen LogP contribution in [-0.2, 0) is 27.8 Å². The third-order valence-corrected chi connectivity index (χ3v) is 7.23. The van der Waals surface area contributed by atoms with Crippen molar-refractivity contribution in [2.75, 3.05) is 6.54 Å². The number of carbonyl (C=O) groups is 1. The molecule has 0 bridgehead atoms. The Morgan fingerprint density at radius 1 is 1.12 bits per heavy atom. The Morgan fingerprint density at radius 3 is 2.62 bits per heavy atom. The number of amides is 1. The molecule has 1 heterocycles. The van der Waals surface area contributed by atoms with Crippen LogP contribution in [0.2, 0.25) is 0 Å². The number of hydrogen-bond donors (Lipinski definition) is 2. The summed E-state index contributed by atoms with van der Waals surface area (Å²) in [7, 11) is -3.62. The van der Waals surface area contributed by atoms with Crippen LogP contribution in [0.3, 0.4) is 0 Å². The van der Waals surface area contributed by atoms with E-state index in [2.05, 4.69) is 27.3 Å². The highest BCUT2D eigenvalue weighted by atomic mass is 32.2. The first kappa shape index (κ1) is 22.2. The number of aryl methyl sites for hydroxylation is 1. The molecule has 1 amide bonds. The molecule has 4 rings (SSSR count). The Hall–Kier alpha value is -2.97. The number of fused-ring (bicyclic) bond motifs is 1. The number of hydrogen-bond acceptors (Lipinski definition) is 4. The summed E-state index contributed by atoms with van der Waals surface area (Å²) in [6.07, 6.45) is 4.69. The van der Waals surface area contributed by atoms with Gasteiger partial charge in [0.25, 0.3) is 0 Å². The van der Waals surface area contributed by atoms with Gasteiger partial charge in [-0.2, -0.15) is 5.10 Å². The van der Waals surface area contributed by atoms with Crippen molar-refractivity contribution in [3.63, 3.8) is 0 Å². The highest BCUT2D eigenvalue weighted by Gasteiger charge is 2.25. The summed E-state index contributed by atoms with van der Waals surface area (Å²) in [6, 6.07) is 16.7. The van der Waals surface area contributed by atoms with Gasteiger partial charge in [-0.3, -0.25) is 9.48 Å². The molecule has 1 atom stereocenters. The van der Waals surface area contributed by atoms with Gasteiger partial charge in [-0.25, -0.2) is 13.1 Å². The van der Waals surface area contributed by atoms with Gasteiger partial charge in [-0.15, -0.1) is 0 Å². The monoisotopic (exact) mass is 452 g/mol. The molecule has 8 heteroatoms. The van der Waals surface area contributed by atoms with Crippen molar-refractivity contribution in [3.05, 3.63) is 83.2 Å².